The summed E-state index contributed by atoms with van der Waals surface area (Å²) in [5, 5.41) is 6.53. The second-order valence-electron chi connectivity index (χ2n) is 8.18. The van der Waals surface area contributed by atoms with E-state index in [1.54, 1.807) is 13.8 Å². The first-order valence-electron chi connectivity index (χ1n) is 10.9. The molecule has 1 N–H and O–H groups in total. The Balaban J connectivity index is 1.41. The van der Waals surface area contributed by atoms with Crippen LogP contribution < -0.4 is 5.32 Å². The number of carbonyl (C=O) groups excluding carboxylic acids is 1. The number of fused-ring (bicyclic) bond motifs is 1. The number of carbonyl (C=O) groups is 1. The van der Waals surface area contributed by atoms with E-state index in [-0.39, 0.29) is 24.1 Å². The van der Waals surface area contributed by atoms with Crippen LogP contribution in [0, 0.1) is 13.8 Å². The Morgan fingerprint density at radius 1 is 1.00 bits per heavy atom. The SMILES string of the molecule is Cc1nc2nc(C(F)(F)F)nn2c(C)c1CCC(=O)NC(C)c1ccc(-c2ccccc2)cc1. The van der Waals surface area contributed by atoms with Gasteiger partial charge in [0.1, 0.15) is 0 Å². The van der Waals surface area contributed by atoms with Crippen molar-refractivity contribution < 1.29 is 18.0 Å². The minimum atomic E-state index is -4.65. The smallest absolute Gasteiger partial charge is 0.350 e. The molecular formula is C25H24F3N5O. The molecule has 0 saturated carbocycles. The van der Waals surface area contributed by atoms with Gasteiger partial charge in [-0.05, 0) is 49.4 Å². The van der Waals surface area contributed by atoms with Gasteiger partial charge in [0.05, 0.1) is 6.04 Å². The van der Waals surface area contributed by atoms with Crippen LogP contribution in [-0.4, -0.2) is 25.5 Å². The van der Waals surface area contributed by atoms with Crippen LogP contribution in [-0.2, 0) is 17.4 Å². The van der Waals surface area contributed by atoms with Crippen molar-refractivity contribution in [1.29, 1.82) is 0 Å². The summed E-state index contributed by atoms with van der Waals surface area (Å²) in [5.41, 5.74) is 4.90. The van der Waals surface area contributed by atoms with Crippen LogP contribution in [0.1, 0.15) is 47.7 Å². The van der Waals surface area contributed by atoms with E-state index in [9.17, 15) is 18.0 Å². The van der Waals surface area contributed by atoms with Crippen LogP contribution in [0.5, 0.6) is 0 Å². The van der Waals surface area contributed by atoms with E-state index in [4.69, 9.17) is 0 Å². The Morgan fingerprint density at radius 3 is 2.29 bits per heavy atom. The molecule has 176 valence electrons. The van der Waals surface area contributed by atoms with Crippen LogP contribution in [0.15, 0.2) is 54.6 Å². The molecule has 0 aliphatic carbocycles. The number of aromatic nitrogens is 4. The number of hydrogen-bond donors (Lipinski definition) is 1. The van der Waals surface area contributed by atoms with Crippen LogP contribution in [0.4, 0.5) is 13.2 Å². The summed E-state index contributed by atoms with van der Waals surface area (Å²) in [4.78, 5) is 20.2. The molecule has 0 aliphatic heterocycles. The van der Waals surface area contributed by atoms with Crippen molar-refractivity contribution in [1.82, 2.24) is 24.9 Å². The summed E-state index contributed by atoms with van der Waals surface area (Å²) in [5.74, 6) is -1.50. The zero-order chi connectivity index (χ0) is 24.5. The van der Waals surface area contributed by atoms with Crippen molar-refractivity contribution in [2.24, 2.45) is 0 Å². The molecular weight excluding hydrogens is 443 g/mol. The first kappa shape index (κ1) is 23.4. The van der Waals surface area contributed by atoms with Crippen molar-refractivity contribution in [3.05, 3.63) is 82.9 Å². The van der Waals surface area contributed by atoms with Crippen LogP contribution in [0.3, 0.4) is 0 Å². The van der Waals surface area contributed by atoms with E-state index < -0.39 is 12.0 Å². The predicted octanol–water partition coefficient (Wildman–Crippen LogP) is 5.24. The van der Waals surface area contributed by atoms with Gasteiger partial charge in [-0.2, -0.15) is 18.2 Å². The number of aryl methyl sites for hydroxylation is 2. The minimum Gasteiger partial charge on any atom is -0.350 e. The second kappa shape index (κ2) is 9.24. The number of halogens is 3. The number of hydrogen-bond acceptors (Lipinski definition) is 4. The molecule has 0 saturated heterocycles. The molecule has 6 nitrogen and oxygen atoms in total. The molecule has 0 radical (unpaired) electrons. The predicted molar refractivity (Wildman–Crippen MR) is 122 cm³/mol. The molecule has 4 aromatic rings. The highest BCUT2D eigenvalue weighted by Gasteiger charge is 2.37. The lowest BCUT2D eigenvalue weighted by Crippen LogP contribution is -2.27. The molecule has 0 fully saturated rings. The number of nitrogens with zero attached hydrogens (tertiary/aromatic N) is 4. The van der Waals surface area contributed by atoms with Crippen LogP contribution in [0.2, 0.25) is 0 Å². The van der Waals surface area contributed by atoms with E-state index in [1.165, 1.54) is 0 Å². The molecule has 4 rings (SSSR count). The lowest BCUT2D eigenvalue weighted by Gasteiger charge is -2.16. The van der Waals surface area contributed by atoms with Crippen molar-refractivity contribution >= 4 is 11.7 Å². The van der Waals surface area contributed by atoms with Crippen molar-refractivity contribution in [2.75, 3.05) is 0 Å². The standard InChI is InChI=1S/C25H24F3N5O/c1-15(18-9-11-20(12-10-18)19-7-5-4-6-8-19)29-22(34)14-13-21-16(2)30-24-31-23(25(26,27)28)32-33(24)17(21)3/h4-12,15H,13-14H2,1-3H3,(H,29,34). The number of benzene rings is 2. The first-order valence-corrected chi connectivity index (χ1v) is 10.9. The highest BCUT2D eigenvalue weighted by Crippen LogP contribution is 2.27. The van der Waals surface area contributed by atoms with Crippen LogP contribution >= 0.6 is 0 Å². The fourth-order valence-corrected chi connectivity index (χ4v) is 3.92. The molecule has 2 aromatic heterocycles. The average molecular weight is 467 g/mol. The van der Waals surface area contributed by atoms with Gasteiger partial charge >= 0.3 is 6.18 Å². The van der Waals surface area contributed by atoms with Gasteiger partial charge in [0, 0.05) is 17.8 Å². The van der Waals surface area contributed by atoms with Crippen LogP contribution in [0.25, 0.3) is 16.9 Å². The average Bonchev–Trinajstić information content (AvgIpc) is 3.24. The molecule has 1 atom stereocenters. The molecule has 1 amide bonds. The monoisotopic (exact) mass is 467 g/mol. The maximum absolute atomic E-state index is 13.0. The molecule has 2 heterocycles. The Labute approximate surface area is 194 Å². The van der Waals surface area contributed by atoms with Gasteiger partial charge in [-0.15, -0.1) is 5.10 Å². The van der Waals surface area contributed by atoms with Gasteiger partial charge in [-0.25, -0.2) is 9.50 Å². The third-order valence-corrected chi connectivity index (χ3v) is 5.80. The van der Waals surface area contributed by atoms with Gasteiger partial charge in [-0.3, -0.25) is 4.79 Å². The van der Waals surface area contributed by atoms with E-state index in [2.05, 4.69) is 20.4 Å². The summed E-state index contributed by atoms with van der Waals surface area (Å²) < 4.78 is 40.0. The minimum absolute atomic E-state index is 0.108. The van der Waals surface area contributed by atoms with E-state index in [1.807, 2.05) is 61.5 Å². The summed E-state index contributed by atoms with van der Waals surface area (Å²) in [6.45, 7) is 5.26. The number of alkyl halides is 3. The number of rotatable bonds is 6. The molecule has 0 aliphatic rings. The Morgan fingerprint density at radius 2 is 1.65 bits per heavy atom. The fraction of sp³-hybridized carbons (Fsp3) is 0.280. The van der Waals surface area contributed by atoms with E-state index >= 15 is 0 Å². The summed E-state index contributed by atoms with van der Waals surface area (Å²) in [6.07, 6.45) is -4.15. The molecule has 0 spiro atoms. The van der Waals surface area contributed by atoms with Crippen molar-refractivity contribution in [3.63, 3.8) is 0 Å². The van der Waals surface area contributed by atoms with Crippen molar-refractivity contribution in [3.8, 4) is 11.1 Å². The Bertz CT molecular complexity index is 1310. The lowest BCUT2D eigenvalue weighted by atomic mass is 10.0. The fourth-order valence-electron chi connectivity index (χ4n) is 3.92. The molecule has 2 aromatic carbocycles. The van der Waals surface area contributed by atoms with Gasteiger partial charge < -0.3 is 5.32 Å². The second-order valence-corrected chi connectivity index (χ2v) is 8.18. The number of amides is 1. The first-order chi connectivity index (χ1) is 16.1. The summed E-state index contributed by atoms with van der Waals surface area (Å²) in [7, 11) is 0. The molecule has 34 heavy (non-hydrogen) atoms. The summed E-state index contributed by atoms with van der Waals surface area (Å²) >= 11 is 0. The lowest BCUT2D eigenvalue weighted by molar-refractivity contribution is -0.144. The quantitative estimate of drug-likeness (QED) is 0.421. The van der Waals surface area contributed by atoms with E-state index in [0.717, 1.165) is 21.2 Å². The van der Waals surface area contributed by atoms with Gasteiger partial charge in [-0.1, -0.05) is 54.6 Å². The Kier molecular flexibility index (Phi) is 6.37. The van der Waals surface area contributed by atoms with Gasteiger partial charge in [0.15, 0.2) is 0 Å². The molecule has 0 bridgehead atoms. The number of nitrogens with one attached hydrogen (secondary N) is 1. The molecule has 1 unspecified atom stereocenters. The van der Waals surface area contributed by atoms with E-state index in [0.29, 0.717) is 23.4 Å². The Hall–Kier alpha value is -3.75. The highest BCUT2D eigenvalue weighted by atomic mass is 19.4. The van der Waals surface area contributed by atoms with Crippen molar-refractivity contribution in [2.45, 2.75) is 45.8 Å². The van der Waals surface area contributed by atoms with Gasteiger partial charge in [0.25, 0.3) is 11.6 Å². The molecule has 9 heteroatoms. The highest BCUT2D eigenvalue weighted by molar-refractivity contribution is 5.76. The van der Waals surface area contributed by atoms with Gasteiger partial charge in [0.2, 0.25) is 5.91 Å². The summed E-state index contributed by atoms with van der Waals surface area (Å²) in [6, 6.07) is 17.9. The zero-order valence-corrected chi connectivity index (χ0v) is 19.0. The zero-order valence-electron chi connectivity index (χ0n) is 19.0. The third kappa shape index (κ3) is 4.93. The maximum Gasteiger partial charge on any atom is 0.453 e. The topological polar surface area (TPSA) is 72.2 Å². The largest absolute Gasteiger partial charge is 0.453 e. The normalized spacial score (nSPS) is 12.6. The third-order valence-electron chi connectivity index (χ3n) is 5.80. The maximum atomic E-state index is 13.0.